The van der Waals surface area contributed by atoms with Gasteiger partial charge in [0, 0.05) is 36.7 Å². The summed E-state index contributed by atoms with van der Waals surface area (Å²) in [5.41, 5.74) is 0.0580. The van der Waals surface area contributed by atoms with E-state index < -0.39 is 34.7 Å². The number of fused-ring (bicyclic) bond motifs is 1. The summed E-state index contributed by atoms with van der Waals surface area (Å²) in [4.78, 5) is 22.5. The molecule has 1 saturated carbocycles. The molecule has 0 radical (unpaired) electrons. The molecule has 0 atom stereocenters. The number of halogens is 1. The number of anilines is 1. The van der Waals surface area contributed by atoms with Crippen LogP contribution in [0.15, 0.2) is 36.4 Å². The first-order valence-electron chi connectivity index (χ1n) is 9.33. The first-order valence-corrected chi connectivity index (χ1v) is 9.33. The largest absolute Gasteiger partial charge is 0.477 e. The normalized spacial score (nSPS) is 16.4. The van der Waals surface area contributed by atoms with E-state index >= 15 is 0 Å². The Morgan fingerprint density at radius 3 is 2.66 bits per heavy atom. The van der Waals surface area contributed by atoms with Crippen molar-refractivity contribution in [3.05, 3.63) is 52.3 Å². The molecule has 9 heteroatoms. The Kier molecular flexibility index (Phi) is 4.96. The lowest BCUT2D eigenvalue weighted by Crippen LogP contribution is -2.40. The van der Waals surface area contributed by atoms with Gasteiger partial charge in [0.2, 0.25) is 5.75 Å². The van der Waals surface area contributed by atoms with E-state index in [1.165, 1.54) is 0 Å². The number of nitro groups is 1. The lowest BCUT2D eigenvalue weighted by atomic mass is 9.94. The molecule has 1 aliphatic heterocycles. The second-order valence-electron chi connectivity index (χ2n) is 7.04. The zero-order chi connectivity index (χ0) is 20.4. The molecule has 0 saturated heterocycles. The first-order chi connectivity index (χ1) is 13.9. The molecule has 2 aromatic carbocycles. The summed E-state index contributed by atoms with van der Waals surface area (Å²) < 4.78 is 30.5. The molecule has 0 unspecified atom stereocenters. The van der Waals surface area contributed by atoms with Crippen LogP contribution in [0.2, 0.25) is 0 Å². The summed E-state index contributed by atoms with van der Waals surface area (Å²) in [6.45, 7) is -0.511. The van der Waals surface area contributed by atoms with Crippen molar-refractivity contribution in [1.82, 2.24) is 0 Å². The highest BCUT2D eigenvalue weighted by molar-refractivity contribution is 5.92. The van der Waals surface area contributed by atoms with Crippen molar-refractivity contribution in [2.24, 2.45) is 0 Å². The van der Waals surface area contributed by atoms with E-state index in [4.69, 9.17) is 14.2 Å². The van der Waals surface area contributed by atoms with Crippen molar-refractivity contribution in [1.29, 1.82) is 0 Å². The molecule has 1 N–H and O–H groups in total. The van der Waals surface area contributed by atoms with Gasteiger partial charge in [-0.15, -0.1) is 0 Å². The van der Waals surface area contributed by atoms with Crippen LogP contribution in [0.1, 0.15) is 32.1 Å². The number of hydrogen-bond donors (Lipinski definition) is 1. The van der Waals surface area contributed by atoms with Gasteiger partial charge in [-0.3, -0.25) is 14.9 Å². The predicted octanol–water partition coefficient (Wildman–Crippen LogP) is 4.18. The lowest BCUT2D eigenvalue weighted by molar-refractivity contribution is -0.385. The van der Waals surface area contributed by atoms with Gasteiger partial charge in [-0.05, 0) is 31.0 Å². The van der Waals surface area contributed by atoms with Crippen molar-refractivity contribution in [3.8, 4) is 17.2 Å². The molecule has 29 heavy (non-hydrogen) atoms. The lowest BCUT2D eigenvalue weighted by Gasteiger charge is -2.31. The zero-order valence-electron chi connectivity index (χ0n) is 15.5. The van der Waals surface area contributed by atoms with Crippen LogP contribution in [0.5, 0.6) is 17.2 Å². The Hall–Kier alpha value is -3.36. The van der Waals surface area contributed by atoms with E-state index in [-0.39, 0.29) is 5.75 Å². The monoisotopic (exact) mass is 402 g/mol. The SMILES string of the molecule is O=C(COc1cc(F)ccc1[N+](=O)[O-])Nc1ccc2c(c1)OC1(CCCCC1)O2. The van der Waals surface area contributed by atoms with E-state index in [1.54, 1.807) is 18.2 Å². The number of rotatable bonds is 5. The van der Waals surface area contributed by atoms with Crippen LogP contribution in [-0.4, -0.2) is 23.2 Å². The number of benzene rings is 2. The van der Waals surface area contributed by atoms with E-state index in [1.807, 2.05) is 0 Å². The number of nitro benzene ring substituents is 1. The number of carbonyl (C=O) groups is 1. The van der Waals surface area contributed by atoms with Gasteiger partial charge >= 0.3 is 5.69 Å². The van der Waals surface area contributed by atoms with Crippen LogP contribution in [0.4, 0.5) is 15.8 Å². The maximum atomic E-state index is 13.3. The predicted molar refractivity (Wildman–Crippen MR) is 101 cm³/mol. The molecular weight excluding hydrogens is 383 g/mol. The fourth-order valence-electron chi connectivity index (χ4n) is 3.56. The average molecular weight is 402 g/mol. The molecule has 1 fully saturated rings. The molecule has 0 bridgehead atoms. The fourth-order valence-corrected chi connectivity index (χ4v) is 3.56. The summed E-state index contributed by atoms with van der Waals surface area (Å²) >= 11 is 0. The summed E-state index contributed by atoms with van der Waals surface area (Å²) in [6.07, 6.45) is 4.89. The van der Waals surface area contributed by atoms with Gasteiger partial charge in [0.15, 0.2) is 18.1 Å². The van der Waals surface area contributed by atoms with Crippen molar-refractivity contribution in [2.75, 3.05) is 11.9 Å². The van der Waals surface area contributed by atoms with E-state index in [0.29, 0.717) is 17.2 Å². The highest BCUT2D eigenvalue weighted by atomic mass is 19.1. The van der Waals surface area contributed by atoms with Crippen molar-refractivity contribution < 1.29 is 28.3 Å². The third-order valence-corrected chi connectivity index (χ3v) is 4.91. The van der Waals surface area contributed by atoms with Crippen LogP contribution >= 0.6 is 0 Å². The van der Waals surface area contributed by atoms with E-state index in [2.05, 4.69) is 5.32 Å². The molecule has 1 heterocycles. The molecule has 8 nitrogen and oxygen atoms in total. The second-order valence-corrected chi connectivity index (χ2v) is 7.04. The van der Waals surface area contributed by atoms with Gasteiger partial charge in [-0.25, -0.2) is 4.39 Å². The summed E-state index contributed by atoms with van der Waals surface area (Å²) in [7, 11) is 0. The molecule has 2 aromatic rings. The Morgan fingerprint density at radius 2 is 1.90 bits per heavy atom. The number of hydrogen-bond acceptors (Lipinski definition) is 6. The molecular formula is C20H19FN2O6. The van der Waals surface area contributed by atoms with Crippen LogP contribution in [0.25, 0.3) is 0 Å². The molecule has 1 spiro atoms. The standard InChI is InChI=1S/C20H19FN2O6/c21-13-4-6-15(23(25)26)17(10-13)27-12-19(24)22-14-5-7-16-18(11-14)29-20(28-16)8-2-1-3-9-20/h4-7,10-11H,1-3,8-9,12H2,(H,22,24). The Bertz CT molecular complexity index is 958. The van der Waals surface area contributed by atoms with E-state index in [9.17, 15) is 19.3 Å². The molecule has 4 rings (SSSR count). The van der Waals surface area contributed by atoms with Gasteiger partial charge < -0.3 is 19.5 Å². The average Bonchev–Trinajstić information content (AvgIpc) is 3.03. The smallest absolute Gasteiger partial charge is 0.311 e. The van der Waals surface area contributed by atoms with Gasteiger partial charge in [-0.2, -0.15) is 0 Å². The Morgan fingerprint density at radius 1 is 1.14 bits per heavy atom. The fraction of sp³-hybridized carbons (Fsp3) is 0.350. The molecule has 152 valence electrons. The number of nitrogens with one attached hydrogen (secondary N) is 1. The molecule has 1 aliphatic carbocycles. The first kappa shape index (κ1) is 19.0. The maximum Gasteiger partial charge on any atom is 0.311 e. The number of carbonyl (C=O) groups excluding carboxylic acids is 1. The molecule has 2 aliphatic rings. The van der Waals surface area contributed by atoms with Crippen molar-refractivity contribution in [2.45, 2.75) is 37.9 Å². The van der Waals surface area contributed by atoms with Crippen LogP contribution in [-0.2, 0) is 4.79 Å². The van der Waals surface area contributed by atoms with Crippen LogP contribution in [0, 0.1) is 15.9 Å². The summed E-state index contributed by atoms with van der Waals surface area (Å²) in [6, 6.07) is 7.88. The minimum atomic E-state index is -0.703. The maximum absolute atomic E-state index is 13.3. The minimum absolute atomic E-state index is 0.310. The van der Waals surface area contributed by atoms with Gasteiger partial charge in [-0.1, -0.05) is 6.42 Å². The molecule has 0 aromatic heterocycles. The van der Waals surface area contributed by atoms with Crippen LogP contribution in [0.3, 0.4) is 0 Å². The Labute approximate surface area is 165 Å². The summed E-state index contributed by atoms with van der Waals surface area (Å²) in [5.74, 6) is -0.964. The number of amides is 1. The third-order valence-electron chi connectivity index (χ3n) is 4.91. The minimum Gasteiger partial charge on any atom is -0.477 e. The van der Waals surface area contributed by atoms with Gasteiger partial charge in [0.1, 0.15) is 5.82 Å². The van der Waals surface area contributed by atoms with Crippen molar-refractivity contribution in [3.63, 3.8) is 0 Å². The molecule has 1 amide bonds. The highest BCUT2D eigenvalue weighted by Gasteiger charge is 2.42. The van der Waals surface area contributed by atoms with Crippen molar-refractivity contribution >= 4 is 17.3 Å². The zero-order valence-corrected chi connectivity index (χ0v) is 15.5. The summed E-state index contributed by atoms with van der Waals surface area (Å²) in [5, 5.41) is 13.6. The quantitative estimate of drug-likeness (QED) is 0.595. The number of ether oxygens (including phenoxy) is 3. The van der Waals surface area contributed by atoms with Gasteiger partial charge in [0.25, 0.3) is 11.7 Å². The third kappa shape index (κ3) is 4.08. The Balaban J connectivity index is 1.39. The van der Waals surface area contributed by atoms with Crippen LogP contribution < -0.4 is 19.5 Å². The topological polar surface area (TPSA) is 99.9 Å². The highest BCUT2D eigenvalue weighted by Crippen LogP contribution is 2.46. The second kappa shape index (κ2) is 7.57. The van der Waals surface area contributed by atoms with E-state index in [0.717, 1.165) is 50.3 Å². The number of nitrogens with zero attached hydrogens (tertiary/aromatic N) is 1. The van der Waals surface area contributed by atoms with Gasteiger partial charge in [0.05, 0.1) is 4.92 Å².